The molecule has 0 N–H and O–H groups in total. The Morgan fingerprint density at radius 3 is 2.40 bits per heavy atom. The highest BCUT2D eigenvalue weighted by atomic mass is 16.3. The molecule has 0 bridgehead atoms. The van der Waals surface area contributed by atoms with Gasteiger partial charge in [-0.3, -0.25) is 0 Å². The van der Waals surface area contributed by atoms with Crippen LogP contribution in [0.4, 0.5) is 5.69 Å². The van der Waals surface area contributed by atoms with Gasteiger partial charge in [0.1, 0.15) is 11.3 Å². The molecular weight excluding hydrogens is 607 g/mol. The maximum absolute atomic E-state index is 7.02. The Labute approximate surface area is 295 Å². The average Bonchev–Trinajstić information content (AvgIpc) is 3.73. The molecule has 1 aromatic heterocycles. The summed E-state index contributed by atoms with van der Waals surface area (Å²) in [5.41, 5.74) is 15.3. The van der Waals surface area contributed by atoms with E-state index >= 15 is 0 Å². The van der Waals surface area contributed by atoms with E-state index in [4.69, 9.17) is 4.42 Å². The second-order valence-electron chi connectivity index (χ2n) is 15.8. The van der Waals surface area contributed by atoms with Gasteiger partial charge < -0.3 is 9.32 Å². The van der Waals surface area contributed by atoms with Crippen LogP contribution >= 0.6 is 0 Å². The van der Waals surface area contributed by atoms with Gasteiger partial charge in [-0.05, 0) is 96.0 Å². The molecular formula is C48H41NO. The molecule has 244 valence electrons. The molecule has 0 radical (unpaired) electrons. The van der Waals surface area contributed by atoms with E-state index in [0.717, 1.165) is 17.8 Å². The highest BCUT2D eigenvalue weighted by molar-refractivity contribution is 5.94. The van der Waals surface area contributed by atoms with Gasteiger partial charge >= 0.3 is 0 Å². The van der Waals surface area contributed by atoms with Gasteiger partial charge in [0.25, 0.3) is 0 Å². The molecule has 1 fully saturated rings. The SMILES string of the molecule is CC1=CC#CC2(C)C3C(C4C=C5C(=CC4)c4ccccc4C5(C)C)=Cc4c(oc5cccc(C)c45)C3N(c3ccc(-c4ccccc4)cc3)C12. The van der Waals surface area contributed by atoms with Gasteiger partial charge in [-0.2, -0.15) is 0 Å². The number of allylic oxidation sites excluding steroid dienone is 5. The average molecular weight is 648 g/mol. The fourth-order valence-electron chi connectivity index (χ4n) is 10.4. The van der Waals surface area contributed by atoms with Crippen molar-refractivity contribution >= 4 is 28.3 Å². The summed E-state index contributed by atoms with van der Waals surface area (Å²) in [5.74, 6) is 8.85. The molecule has 5 aliphatic rings. The van der Waals surface area contributed by atoms with Crippen LogP contribution in [0.15, 0.2) is 136 Å². The molecule has 2 heteroatoms. The minimum atomic E-state index is -0.310. The summed E-state index contributed by atoms with van der Waals surface area (Å²) in [6.07, 6.45) is 10.8. The minimum absolute atomic E-state index is 0.00249. The molecule has 4 aliphatic carbocycles. The lowest BCUT2D eigenvalue weighted by Crippen LogP contribution is -2.41. The van der Waals surface area contributed by atoms with Gasteiger partial charge in [0.05, 0.1) is 17.5 Å². The second-order valence-corrected chi connectivity index (χ2v) is 15.8. The third kappa shape index (κ3) is 3.92. The van der Waals surface area contributed by atoms with E-state index < -0.39 is 0 Å². The van der Waals surface area contributed by atoms with Crippen LogP contribution in [-0.2, 0) is 5.41 Å². The fraction of sp³-hybridized carbons (Fsp3) is 0.250. The Kier molecular flexibility index (Phi) is 6.15. The molecule has 1 saturated heterocycles. The van der Waals surface area contributed by atoms with Crippen molar-refractivity contribution in [3.8, 4) is 23.0 Å². The van der Waals surface area contributed by atoms with E-state index in [0.29, 0.717) is 0 Å². The molecule has 5 atom stereocenters. The lowest BCUT2D eigenvalue weighted by atomic mass is 9.62. The molecule has 0 spiro atoms. The molecule has 5 unspecified atom stereocenters. The first-order valence-electron chi connectivity index (χ1n) is 18.1. The first-order chi connectivity index (χ1) is 24.3. The quantitative estimate of drug-likeness (QED) is 0.181. The second kappa shape index (κ2) is 10.4. The number of furan rings is 1. The summed E-state index contributed by atoms with van der Waals surface area (Å²) in [6, 6.07) is 35.5. The van der Waals surface area contributed by atoms with Crippen LogP contribution in [-0.4, -0.2) is 6.04 Å². The lowest BCUT2D eigenvalue weighted by molar-refractivity contribution is 0.300. The summed E-state index contributed by atoms with van der Waals surface area (Å²) < 4.78 is 7.02. The van der Waals surface area contributed by atoms with E-state index in [9.17, 15) is 0 Å². The summed E-state index contributed by atoms with van der Waals surface area (Å²) in [6.45, 7) is 11.7. The molecule has 0 saturated carbocycles. The first-order valence-corrected chi connectivity index (χ1v) is 18.1. The summed E-state index contributed by atoms with van der Waals surface area (Å²) in [7, 11) is 0. The van der Waals surface area contributed by atoms with E-state index in [1.54, 1.807) is 0 Å². The largest absolute Gasteiger partial charge is 0.458 e. The summed E-state index contributed by atoms with van der Waals surface area (Å²) in [5, 5.41) is 1.24. The number of hydrogen-bond donors (Lipinski definition) is 0. The fourth-order valence-corrected chi connectivity index (χ4v) is 10.4. The lowest BCUT2D eigenvalue weighted by Gasteiger charge is -2.39. The number of anilines is 1. The molecule has 0 amide bonds. The van der Waals surface area contributed by atoms with Gasteiger partial charge in [0.2, 0.25) is 0 Å². The zero-order valence-corrected chi connectivity index (χ0v) is 29.4. The van der Waals surface area contributed by atoms with Crippen LogP contribution in [0.1, 0.15) is 68.2 Å². The maximum Gasteiger partial charge on any atom is 0.135 e. The number of nitrogens with zero attached hydrogens (tertiary/aromatic N) is 1. The van der Waals surface area contributed by atoms with Crippen LogP contribution in [0, 0.1) is 36.0 Å². The van der Waals surface area contributed by atoms with E-state index in [-0.39, 0.29) is 34.7 Å². The van der Waals surface area contributed by atoms with Crippen molar-refractivity contribution in [2.75, 3.05) is 4.90 Å². The first kappa shape index (κ1) is 29.6. The molecule has 10 rings (SSSR count). The zero-order valence-electron chi connectivity index (χ0n) is 29.4. The maximum atomic E-state index is 7.02. The topological polar surface area (TPSA) is 16.4 Å². The Hall–Kier alpha value is -5.26. The van der Waals surface area contributed by atoms with E-state index in [1.807, 2.05) is 0 Å². The van der Waals surface area contributed by atoms with Crippen molar-refractivity contribution in [3.05, 3.63) is 160 Å². The highest BCUT2D eigenvalue weighted by Crippen LogP contribution is 2.64. The van der Waals surface area contributed by atoms with Crippen LogP contribution in [0.2, 0.25) is 0 Å². The van der Waals surface area contributed by atoms with E-state index in [2.05, 4.69) is 173 Å². The van der Waals surface area contributed by atoms with Crippen molar-refractivity contribution in [1.29, 1.82) is 0 Å². The zero-order chi connectivity index (χ0) is 33.9. The van der Waals surface area contributed by atoms with Crippen molar-refractivity contribution in [1.82, 2.24) is 0 Å². The Morgan fingerprint density at radius 2 is 1.58 bits per heavy atom. The third-order valence-electron chi connectivity index (χ3n) is 12.6. The van der Waals surface area contributed by atoms with Gasteiger partial charge in [-0.25, -0.2) is 0 Å². The standard InChI is InChI=1S/C48H41NO/c1-29-13-11-19-41-42(29)38-28-37(33-22-25-36-35-17-9-10-18-39(35)47(3,4)40(36)27-33)43-44(45(38)50-41)49(46-30(2)14-12-26-48(43,46)5)34-23-20-32(21-24-34)31-15-7-6-8-16-31/h6-11,13-21,23-25,27-28,33,43-44,46H,22H2,1-5H3. The van der Waals surface area contributed by atoms with Gasteiger partial charge in [-0.15, -0.1) is 0 Å². The predicted molar refractivity (Wildman–Crippen MR) is 207 cm³/mol. The van der Waals surface area contributed by atoms with Crippen LogP contribution in [0.25, 0.3) is 33.7 Å². The molecule has 2 nitrogen and oxygen atoms in total. The van der Waals surface area contributed by atoms with Crippen molar-refractivity contribution in [2.24, 2.45) is 17.3 Å². The number of rotatable bonds is 3. The Bertz CT molecular complexity index is 2440. The number of hydrogen-bond acceptors (Lipinski definition) is 2. The van der Waals surface area contributed by atoms with Crippen LogP contribution in [0.3, 0.4) is 0 Å². The minimum Gasteiger partial charge on any atom is -0.458 e. The van der Waals surface area contributed by atoms with Crippen molar-refractivity contribution < 1.29 is 4.42 Å². The Balaban J connectivity index is 1.18. The number of aryl methyl sites for hydroxylation is 1. The van der Waals surface area contributed by atoms with Crippen molar-refractivity contribution in [2.45, 2.75) is 58.5 Å². The predicted octanol–water partition coefficient (Wildman–Crippen LogP) is 11.6. The molecule has 5 aromatic rings. The van der Waals surface area contributed by atoms with Crippen LogP contribution < -0.4 is 4.90 Å². The van der Waals surface area contributed by atoms with Gasteiger partial charge in [-0.1, -0.05) is 128 Å². The molecule has 1 aliphatic heterocycles. The third-order valence-corrected chi connectivity index (χ3v) is 12.6. The Morgan fingerprint density at radius 1 is 0.820 bits per heavy atom. The van der Waals surface area contributed by atoms with Gasteiger partial charge in [0, 0.05) is 33.9 Å². The summed E-state index contributed by atoms with van der Waals surface area (Å²) >= 11 is 0. The highest BCUT2D eigenvalue weighted by Gasteiger charge is 2.62. The number of benzene rings is 4. The monoisotopic (exact) mass is 647 g/mol. The van der Waals surface area contributed by atoms with Gasteiger partial charge in [0.15, 0.2) is 0 Å². The smallest absolute Gasteiger partial charge is 0.135 e. The van der Waals surface area contributed by atoms with E-state index in [1.165, 1.54) is 66.7 Å². The molecule has 2 heterocycles. The molecule has 4 aromatic carbocycles. The van der Waals surface area contributed by atoms with Crippen molar-refractivity contribution in [3.63, 3.8) is 0 Å². The van der Waals surface area contributed by atoms with Crippen LogP contribution in [0.5, 0.6) is 0 Å². The molecule has 50 heavy (non-hydrogen) atoms. The number of fused-ring (bicyclic) bond motifs is 10. The summed E-state index contributed by atoms with van der Waals surface area (Å²) in [4.78, 5) is 2.68. The normalized spacial score (nSPS) is 26.7.